The van der Waals surface area contributed by atoms with Crippen LogP contribution in [0.5, 0.6) is 0 Å². The number of hydrogen-bond acceptors (Lipinski definition) is 3. The molecule has 3 heteroatoms. The Balaban J connectivity index is 1.63. The molecular weight excluding hydrogens is 284 g/mol. The minimum atomic E-state index is -0.367. The van der Waals surface area contributed by atoms with E-state index in [4.69, 9.17) is 0 Å². The second kappa shape index (κ2) is 7.62. The second-order valence-electron chi connectivity index (χ2n) is 6.23. The number of para-hydroxylation sites is 1. The number of rotatable bonds is 5. The fourth-order valence-electron chi connectivity index (χ4n) is 3.27. The molecule has 0 radical (unpaired) electrons. The average molecular weight is 310 g/mol. The molecule has 0 bridgehead atoms. The number of benzene rings is 2. The number of aliphatic hydroxyl groups excluding tert-OH is 1. The molecular formula is C20H26N2O. The lowest BCUT2D eigenvalue weighted by atomic mass is 10.0. The molecule has 2 aromatic rings. The molecule has 2 aromatic carbocycles. The molecule has 3 rings (SSSR count). The molecule has 23 heavy (non-hydrogen) atoms. The molecule has 1 atom stereocenters. The van der Waals surface area contributed by atoms with Crippen LogP contribution < -0.4 is 4.90 Å². The van der Waals surface area contributed by atoms with Gasteiger partial charge < -0.3 is 10.0 Å². The Morgan fingerprint density at radius 1 is 0.913 bits per heavy atom. The number of piperazine rings is 1. The lowest BCUT2D eigenvalue weighted by Crippen LogP contribution is -2.46. The third-order valence-electron chi connectivity index (χ3n) is 4.64. The highest BCUT2D eigenvalue weighted by Crippen LogP contribution is 2.29. The maximum absolute atomic E-state index is 10.3. The molecule has 1 unspecified atom stereocenters. The number of hydrogen-bond donors (Lipinski definition) is 1. The van der Waals surface area contributed by atoms with E-state index in [0.29, 0.717) is 0 Å². The van der Waals surface area contributed by atoms with E-state index in [1.807, 2.05) is 13.0 Å². The zero-order valence-electron chi connectivity index (χ0n) is 13.9. The Hall–Kier alpha value is -1.84. The highest BCUT2D eigenvalue weighted by molar-refractivity contribution is 5.55. The topological polar surface area (TPSA) is 26.7 Å². The van der Waals surface area contributed by atoms with Gasteiger partial charge in [0.15, 0.2) is 0 Å². The Bertz CT molecular complexity index is 606. The second-order valence-corrected chi connectivity index (χ2v) is 6.23. The summed E-state index contributed by atoms with van der Waals surface area (Å²) >= 11 is 0. The third kappa shape index (κ3) is 3.92. The van der Waals surface area contributed by atoms with E-state index in [9.17, 15) is 5.11 Å². The van der Waals surface area contributed by atoms with Gasteiger partial charge in [-0.05, 0) is 18.1 Å². The molecule has 0 aromatic heterocycles. The lowest BCUT2D eigenvalue weighted by Gasteiger charge is -2.37. The smallest absolute Gasteiger partial charge is 0.0807 e. The van der Waals surface area contributed by atoms with Crippen molar-refractivity contribution in [2.24, 2.45) is 0 Å². The summed E-state index contributed by atoms with van der Waals surface area (Å²) in [7, 11) is 0. The zero-order chi connectivity index (χ0) is 16.1. The minimum absolute atomic E-state index is 0.367. The Kier molecular flexibility index (Phi) is 5.31. The first-order chi connectivity index (χ1) is 11.3. The number of aliphatic hydroxyl groups is 1. The molecule has 1 aliphatic heterocycles. The Morgan fingerprint density at radius 3 is 2.26 bits per heavy atom. The van der Waals surface area contributed by atoms with Crippen LogP contribution in [-0.4, -0.2) is 36.2 Å². The van der Waals surface area contributed by atoms with Gasteiger partial charge in [0.1, 0.15) is 0 Å². The van der Waals surface area contributed by atoms with Crippen molar-refractivity contribution in [1.82, 2.24) is 4.90 Å². The van der Waals surface area contributed by atoms with E-state index in [2.05, 4.69) is 58.3 Å². The SMILES string of the molecule is CCC(O)c1ccccc1N1CCN(Cc2ccccc2)CC1. The van der Waals surface area contributed by atoms with Gasteiger partial charge in [0, 0.05) is 44.0 Å². The summed E-state index contributed by atoms with van der Waals surface area (Å²) < 4.78 is 0. The number of anilines is 1. The molecule has 0 saturated carbocycles. The lowest BCUT2D eigenvalue weighted by molar-refractivity contribution is 0.173. The van der Waals surface area contributed by atoms with Crippen LogP contribution in [0.2, 0.25) is 0 Å². The van der Waals surface area contributed by atoms with Gasteiger partial charge >= 0.3 is 0 Å². The molecule has 1 fully saturated rings. The maximum atomic E-state index is 10.3. The standard InChI is InChI=1S/C20H26N2O/c1-2-20(23)18-10-6-7-11-19(18)22-14-12-21(13-15-22)16-17-8-4-3-5-9-17/h3-11,20,23H,2,12-16H2,1H3. The first kappa shape index (κ1) is 16.0. The highest BCUT2D eigenvalue weighted by atomic mass is 16.3. The van der Waals surface area contributed by atoms with Crippen LogP contribution in [0, 0.1) is 0 Å². The Labute approximate surface area is 139 Å². The quantitative estimate of drug-likeness (QED) is 0.916. The van der Waals surface area contributed by atoms with Crippen LogP contribution in [0.4, 0.5) is 5.69 Å². The van der Waals surface area contributed by atoms with Crippen LogP contribution in [0.25, 0.3) is 0 Å². The fourth-order valence-corrected chi connectivity index (χ4v) is 3.27. The normalized spacial score (nSPS) is 17.2. The van der Waals surface area contributed by atoms with Crippen molar-refractivity contribution in [3.05, 3.63) is 65.7 Å². The molecule has 0 amide bonds. The number of nitrogens with zero attached hydrogens (tertiary/aromatic N) is 2. The van der Waals surface area contributed by atoms with E-state index in [-0.39, 0.29) is 6.10 Å². The van der Waals surface area contributed by atoms with Gasteiger partial charge in [-0.2, -0.15) is 0 Å². The van der Waals surface area contributed by atoms with E-state index >= 15 is 0 Å². The van der Waals surface area contributed by atoms with Gasteiger partial charge in [0.25, 0.3) is 0 Å². The van der Waals surface area contributed by atoms with Crippen molar-refractivity contribution >= 4 is 5.69 Å². The van der Waals surface area contributed by atoms with Gasteiger partial charge in [-0.15, -0.1) is 0 Å². The molecule has 0 spiro atoms. The van der Waals surface area contributed by atoms with Crippen LogP contribution in [-0.2, 0) is 6.54 Å². The summed E-state index contributed by atoms with van der Waals surface area (Å²) in [5.74, 6) is 0. The summed E-state index contributed by atoms with van der Waals surface area (Å²) in [6, 6.07) is 18.9. The van der Waals surface area contributed by atoms with Crippen molar-refractivity contribution < 1.29 is 5.11 Å². The minimum Gasteiger partial charge on any atom is -0.388 e. The monoisotopic (exact) mass is 310 g/mol. The summed E-state index contributed by atoms with van der Waals surface area (Å²) in [5.41, 5.74) is 3.63. The molecule has 1 saturated heterocycles. The first-order valence-electron chi connectivity index (χ1n) is 8.56. The molecule has 3 nitrogen and oxygen atoms in total. The van der Waals surface area contributed by atoms with Crippen LogP contribution >= 0.6 is 0 Å². The van der Waals surface area contributed by atoms with Gasteiger partial charge in [-0.1, -0.05) is 55.5 Å². The molecule has 122 valence electrons. The maximum Gasteiger partial charge on any atom is 0.0807 e. The molecule has 1 N–H and O–H groups in total. The average Bonchev–Trinajstić information content (AvgIpc) is 2.62. The molecule has 1 heterocycles. The van der Waals surface area contributed by atoms with E-state index in [0.717, 1.165) is 44.7 Å². The van der Waals surface area contributed by atoms with Gasteiger partial charge in [0.05, 0.1) is 6.10 Å². The van der Waals surface area contributed by atoms with Crippen molar-refractivity contribution in [3.8, 4) is 0 Å². The summed E-state index contributed by atoms with van der Waals surface area (Å²) in [4.78, 5) is 4.92. The van der Waals surface area contributed by atoms with Crippen molar-refractivity contribution in [2.75, 3.05) is 31.1 Å². The molecule has 0 aliphatic carbocycles. The largest absolute Gasteiger partial charge is 0.388 e. The first-order valence-corrected chi connectivity index (χ1v) is 8.56. The molecule has 1 aliphatic rings. The van der Waals surface area contributed by atoms with Crippen LogP contribution in [0.15, 0.2) is 54.6 Å². The summed E-state index contributed by atoms with van der Waals surface area (Å²) in [5, 5.41) is 10.3. The summed E-state index contributed by atoms with van der Waals surface area (Å²) in [6.07, 6.45) is 0.388. The zero-order valence-corrected chi connectivity index (χ0v) is 13.9. The summed E-state index contributed by atoms with van der Waals surface area (Å²) in [6.45, 7) is 7.20. The van der Waals surface area contributed by atoms with Gasteiger partial charge in [-0.3, -0.25) is 4.90 Å². The van der Waals surface area contributed by atoms with Crippen molar-refractivity contribution in [1.29, 1.82) is 0 Å². The van der Waals surface area contributed by atoms with Crippen molar-refractivity contribution in [2.45, 2.75) is 26.0 Å². The van der Waals surface area contributed by atoms with E-state index in [1.165, 1.54) is 11.3 Å². The Morgan fingerprint density at radius 2 is 1.57 bits per heavy atom. The van der Waals surface area contributed by atoms with Gasteiger partial charge in [-0.25, -0.2) is 0 Å². The van der Waals surface area contributed by atoms with Gasteiger partial charge in [0.2, 0.25) is 0 Å². The fraction of sp³-hybridized carbons (Fsp3) is 0.400. The van der Waals surface area contributed by atoms with Crippen molar-refractivity contribution in [3.63, 3.8) is 0 Å². The predicted molar refractivity (Wildman–Crippen MR) is 95.6 cm³/mol. The highest BCUT2D eigenvalue weighted by Gasteiger charge is 2.20. The van der Waals surface area contributed by atoms with Crippen LogP contribution in [0.1, 0.15) is 30.6 Å². The predicted octanol–water partition coefficient (Wildman–Crippen LogP) is 3.45. The van der Waals surface area contributed by atoms with Crippen LogP contribution in [0.3, 0.4) is 0 Å². The third-order valence-corrected chi connectivity index (χ3v) is 4.64. The van der Waals surface area contributed by atoms with E-state index in [1.54, 1.807) is 0 Å². The van der Waals surface area contributed by atoms with E-state index < -0.39 is 0 Å².